The van der Waals surface area contributed by atoms with E-state index in [-0.39, 0.29) is 11.5 Å². The Morgan fingerprint density at radius 2 is 1.77 bits per heavy atom. The number of hydrogen-bond donors (Lipinski definition) is 0. The highest BCUT2D eigenvalue weighted by Gasteiger charge is 2.23. The zero-order valence-corrected chi connectivity index (χ0v) is 17.3. The summed E-state index contributed by atoms with van der Waals surface area (Å²) in [5.41, 5.74) is 2.36. The minimum Gasteiger partial charge on any atom is -0.496 e. The lowest BCUT2D eigenvalue weighted by molar-refractivity contribution is 0.0661. The lowest BCUT2D eigenvalue weighted by atomic mass is 10.0. The van der Waals surface area contributed by atoms with E-state index in [0.717, 1.165) is 37.3 Å². The van der Waals surface area contributed by atoms with Gasteiger partial charge in [-0.05, 0) is 59.0 Å². The Bertz CT molecular complexity index is 860. The molecule has 2 aromatic rings. The van der Waals surface area contributed by atoms with Gasteiger partial charge in [-0.15, -0.1) is 0 Å². The Balaban J connectivity index is 1.93. The zero-order valence-electron chi connectivity index (χ0n) is 15.2. The van der Waals surface area contributed by atoms with Crippen LogP contribution in [-0.4, -0.2) is 60.6 Å². The third-order valence-electron chi connectivity index (χ3n) is 4.70. The van der Waals surface area contributed by atoms with Gasteiger partial charge < -0.3 is 19.1 Å². The second-order valence-electron chi connectivity index (χ2n) is 6.50. The van der Waals surface area contributed by atoms with Crippen molar-refractivity contribution in [2.24, 2.45) is 7.05 Å². The van der Waals surface area contributed by atoms with E-state index < -0.39 is 0 Å². The van der Waals surface area contributed by atoms with Gasteiger partial charge in [0.1, 0.15) is 5.75 Å². The molecule has 1 amide bonds. The Morgan fingerprint density at radius 1 is 1.08 bits per heavy atom. The van der Waals surface area contributed by atoms with Crippen LogP contribution < -0.4 is 10.3 Å². The first-order valence-corrected chi connectivity index (χ1v) is 9.51. The number of halogens is 1. The van der Waals surface area contributed by atoms with E-state index in [2.05, 4.69) is 11.9 Å². The number of rotatable bonds is 3. The average Bonchev–Trinajstić information content (AvgIpc) is 2.65. The van der Waals surface area contributed by atoms with E-state index in [1.54, 1.807) is 24.9 Å². The van der Waals surface area contributed by atoms with E-state index in [4.69, 9.17) is 4.74 Å². The van der Waals surface area contributed by atoms with Crippen molar-refractivity contribution in [2.45, 2.75) is 0 Å². The van der Waals surface area contributed by atoms with E-state index in [0.29, 0.717) is 14.9 Å². The molecule has 7 heteroatoms. The van der Waals surface area contributed by atoms with Crippen LogP contribution in [0.1, 0.15) is 10.4 Å². The van der Waals surface area contributed by atoms with Gasteiger partial charge >= 0.3 is 0 Å². The first-order chi connectivity index (χ1) is 12.4. The second kappa shape index (κ2) is 7.79. The smallest absolute Gasteiger partial charge is 0.263 e. The Labute approximate surface area is 166 Å². The maximum absolute atomic E-state index is 12.9. The van der Waals surface area contributed by atoms with Crippen LogP contribution in [0.5, 0.6) is 5.75 Å². The molecular weight excluding hydrogens is 445 g/mol. The van der Waals surface area contributed by atoms with Gasteiger partial charge in [0.15, 0.2) is 0 Å². The largest absolute Gasteiger partial charge is 0.496 e. The highest BCUT2D eigenvalue weighted by molar-refractivity contribution is 14.1. The highest BCUT2D eigenvalue weighted by atomic mass is 127. The van der Waals surface area contributed by atoms with Crippen molar-refractivity contribution in [3.05, 3.63) is 49.9 Å². The summed E-state index contributed by atoms with van der Waals surface area (Å²) < 4.78 is 7.71. The summed E-state index contributed by atoms with van der Waals surface area (Å²) in [4.78, 5) is 28.8. The van der Waals surface area contributed by atoms with E-state index >= 15 is 0 Å². The number of carbonyl (C=O) groups excluding carboxylic acids is 1. The van der Waals surface area contributed by atoms with Crippen LogP contribution in [0.4, 0.5) is 0 Å². The molecule has 1 aromatic carbocycles. The number of piperazine rings is 1. The molecule has 3 rings (SSSR count). The van der Waals surface area contributed by atoms with Gasteiger partial charge in [0.25, 0.3) is 11.5 Å². The van der Waals surface area contributed by atoms with Gasteiger partial charge in [0.2, 0.25) is 0 Å². The summed E-state index contributed by atoms with van der Waals surface area (Å²) in [6, 6.07) is 7.42. The van der Waals surface area contributed by atoms with Gasteiger partial charge in [0, 0.05) is 39.4 Å². The van der Waals surface area contributed by atoms with Gasteiger partial charge in [0.05, 0.1) is 16.2 Å². The summed E-state index contributed by atoms with van der Waals surface area (Å²) >= 11 is 2.04. The maximum atomic E-state index is 12.9. The molecule has 0 N–H and O–H groups in total. The van der Waals surface area contributed by atoms with Crippen LogP contribution in [0.15, 0.2) is 35.3 Å². The topological polar surface area (TPSA) is 54.8 Å². The molecule has 0 spiro atoms. The van der Waals surface area contributed by atoms with Crippen LogP contribution in [-0.2, 0) is 7.05 Å². The molecule has 1 aliphatic heterocycles. The van der Waals surface area contributed by atoms with Crippen molar-refractivity contribution < 1.29 is 9.53 Å². The van der Waals surface area contributed by atoms with Gasteiger partial charge in [-0.2, -0.15) is 0 Å². The molecule has 0 radical (unpaired) electrons. The van der Waals surface area contributed by atoms with Crippen molar-refractivity contribution in [3.8, 4) is 16.9 Å². The number of likely N-dealkylation sites (N-methyl/N-ethyl adjacent to an activating group) is 1. The lowest BCUT2D eigenvalue weighted by Gasteiger charge is -2.32. The molecular formula is C19H22IN3O3. The molecule has 6 nitrogen and oxygen atoms in total. The van der Waals surface area contributed by atoms with Crippen LogP contribution in [0.3, 0.4) is 0 Å². The quantitative estimate of drug-likeness (QED) is 0.649. The number of methoxy groups -OCH3 is 1. The molecule has 1 fully saturated rings. The summed E-state index contributed by atoms with van der Waals surface area (Å²) in [5.74, 6) is 0.548. The van der Waals surface area contributed by atoms with Crippen LogP contribution >= 0.6 is 22.6 Å². The molecule has 0 unspecified atom stereocenters. The van der Waals surface area contributed by atoms with Crippen molar-refractivity contribution >= 4 is 28.5 Å². The van der Waals surface area contributed by atoms with E-state index in [9.17, 15) is 9.59 Å². The zero-order chi connectivity index (χ0) is 18.8. The number of ether oxygens (including phenoxy) is 1. The Morgan fingerprint density at radius 3 is 2.38 bits per heavy atom. The third kappa shape index (κ3) is 3.78. The Hall–Kier alpha value is -1.87. The first-order valence-electron chi connectivity index (χ1n) is 8.43. The van der Waals surface area contributed by atoms with Gasteiger partial charge in [-0.25, -0.2) is 0 Å². The standard InChI is InChI=1S/C19H22IN3O3/c1-21-6-8-23(9-7-21)18(24)15-5-4-13(11-17(15)26-3)14-10-16(20)19(25)22(2)12-14/h4-5,10-12H,6-9H2,1-3H3. The molecule has 0 bridgehead atoms. The van der Waals surface area contributed by atoms with Crippen molar-refractivity contribution in [1.29, 1.82) is 0 Å². The first kappa shape index (κ1) is 18.9. The summed E-state index contributed by atoms with van der Waals surface area (Å²) in [5, 5.41) is 0. The van der Waals surface area contributed by atoms with E-state index in [1.807, 2.05) is 51.8 Å². The maximum Gasteiger partial charge on any atom is 0.263 e. The molecule has 0 saturated carbocycles. The molecule has 1 aromatic heterocycles. The molecule has 0 aliphatic carbocycles. The molecule has 26 heavy (non-hydrogen) atoms. The fourth-order valence-electron chi connectivity index (χ4n) is 3.06. The van der Waals surface area contributed by atoms with Gasteiger partial charge in [-0.1, -0.05) is 6.07 Å². The summed E-state index contributed by atoms with van der Waals surface area (Å²) in [6.45, 7) is 3.20. The predicted molar refractivity (Wildman–Crippen MR) is 110 cm³/mol. The average molecular weight is 467 g/mol. The number of hydrogen-bond acceptors (Lipinski definition) is 4. The van der Waals surface area contributed by atoms with E-state index in [1.165, 1.54) is 0 Å². The minimum atomic E-state index is -0.0248. The SMILES string of the molecule is COc1cc(-c2cc(I)c(=O)n(C)c2)ccc1C(=O)N1CCN(C)CC1. The van der Waals surface area contributed by atoms with Crippen LogP contribution in [0.25, 0.3) is 11.1 Å². The van der Waals surface area contributed by atoms with Crippen LogP contribution in [0.2, 0.25) is 0 Å². The molecule has 138 valence electrons. The number of carbonyl (C=O) groups is 1. The molecule has 1 aliphatic rings. The van der Waals surface area contributed by atoms with Crippen molar-refractivity contribution in [1.82, 2.24) is 14.4 Å². The van der Waals surface area contributed by atoms with Crippen LogP contribution in [0, 0.1) is 3.57 Å². The normalized spacial score (nSPS) is 15.2. The second-order valence-corrected chi connectivity index (χ2v) is 7.67. The predicted octanol–water partition coefficient (Wildman–Crippen LogP) is 2.05. The number of aromatic nitrogens is 1. The molecule has 1 saturated heterocycles. The third-order valence-corrected chi connectivity index (χ3v) is 5.47. The lowest BCUT2D eigenvalue weighted by Crippen LogP contribution is -2.47. The number of amides is 1. The van der Waals surface area contributed by atoms with Crippen molar-refractivity contribution in [3.63, 3.8) is 0 Å². The summed E-state index contributed by atoms with van der Waals surface area (Å²) in [6.07, 6.45) is 1.79. The monoisotopic (exact) mass is 467 g/mol. The number of benzene rings is 1. The fourth-order valence-corrected chi connectivity index (χ4v) is 3.77. The number of nitrogens with zero attached hydrogens (tertiary/aromatic N) is 3. The Kier molecular flexibility index (Phi) is 5.67. The summed E-state index contributed by atoms with van der Waals surface area (Å²) in [7, 11) is 5.37. The molecule has 0 atom stereocenters. The fraction of sp³-hybridized carbons (Fsp3) is 0.368. The number of aryl methyl sites for hydroxylation is 1. The van der Waals surface area contributed by atoms with Gasteiger partial charge in [-0.3, -0.25) is 9.59 Å². The number of pyridine rings is 1. The minimum absolute atomic E-state index is 0.00320. The van der Waals surface area contributed by atoms with Crippen molar-refractivity contribution in [2.75, 3.05) is 40.3 Å². The highest BCUT2D eigenvalue weighted by Crippen LogP contribution is 2.28. The molecule has 2 heterocycles.